The molecule has 0 saturated heterocycles. The molecule has 0 N–H and O–H groups in total. The molecule has 0 bridgehead atoms. The first-order valence-electron chi connectivity index (χ1n) is 3.99. The Hall–Kier alpha value is -0.810. The first kappa shape index (κ1) is 10.7. The second kappa shape index (κ2) is 3.98. The number of aromatic nitrogens is 2. The lowest BCUT2D eigenvalue weighted by molar-refractivity contribution is 0.141. The summed E-state index contributed by atoms with van der Waals surface area (Å²) in [5.74, 6) is -0.550. The molecule has 0 saturated carbocycles. The molecule has 0 fully saturated rings. The fourth-order valence-corrected chi connectivity index (χ4v) is 1.77. The average Bonchev–Trinajstić information content (AvgIpc) is 2.16. The highest BCUT2D eigenvalue weighted by molar-refractivity contribution is 9.10. The molecule has 78 valence electrons. The van der Waals surface area contributed by atoms with Crippen molar-refractivity contribution in [1.82, 2.24) is 9.97 Å². The third-order valence-corrected chi connectivity index (χ3v) is 2.61. The minimum Gasteiger partial charge on any atom is -0.227 e. The molecule has 1 aromatic carbocycles. The number of alkyl halides is 2. The summed E-state index contributed by atoms with van der Waals surface area (Å²) in [7, 11) is 0. The molecular formula is C9H4BrClF2N2. The van der Waals surface area contributed by atoms with Gasteiger partial charge in [0.1, 0.15) is 5.15 Å². The van der Waals surface area contributed by atoms with Crippen molar-refractivity contribution < 1.29 is 8.78 Å². The second-order valence-electron chi connectivity index (χ2n) is 2.83. The van der Waals surface area contributed by atoms with Gasteiger partial charge in [-0.2, -0.15) is 0 Å². The van der Waals surface area contributed by atoms with Crippen molar-refractivity contribution in [2.45, 2.75) is 6.43 Å². The van der Waals surface area contributed by atoms with Gasteiger partial charge in [-0.1, -0.05) is 27.5 Å². The summed E-state index contributed by atoms with van der Waals surface area (Å²) >= 11 is 8.99. The van der Waals surface area contributed by atoms with E-state index < -0.39 is 12.2 Å². The van der Waals surface area contributed by atoms with Gasteiger partial charge in [0.05, 0.1) is 5.52 Å². The van der Waals surface area contributed by atoms with Gasteiger partial charge in [-0.25, -0.2) is 18.7 Å². The predicted octanol–water partition coefficient (Wildman–Crippen LogP) is 3.98. The van der Waals surface area contributed by atoms with E-state index in [9.17, 15) is 8.78 Å². The van der Waals surface area contributed by atoms with Crippen LogP contribution in [0.2, 0.25) is 5.15 Å². The van der Waals surface area contributed by atoms with Crippen LogP contribution in [0.25, 0.3) is 10.9 Å². The fourth-order valence-electron chi connectivity index (χ4n) is 1.18. The smallest absolute Gasteiger partial charge is 0.227 e. The van der Waals surface area contributed by atoms with E-state index in [2.05, 4.69) is 25.9 Å². The molecule has 6 heteroatoms. The number of benzene rings is 1. The van der Waals surface area contributed by atoms with E-state index in [-0.39, 0.29) is 5.15 Å². The van der Waals surface area contributed by atoms with E-state index in [1.54, 1.807) is 18.2 Å². The van der Waals surface area contributed by atoms with Gasteiger partial charge in [0.2, 0.25) is 0 Å². The van der Waals surface area contributed by atoms with E-state index in [1.165, 1.54) is 0 Å². The summed E-state index contributed by atoms with van der Waals surface area (Å²) in [5, 5.41) is 0.604. The maximum Gasteiger partial charge on any atom is 0.297 e. The van der Waals surface area contributed by atoms with Crippen LogP contribution in [0.1, 0.15) is 12.2 Å². The molecule has 2 aromatic rings. The molecule has 0 radical (unpaired) electrons. The monoisotopic (exact) mass is 292 g/mol. The molecule has 15 heavy (non-hydrogen) atoms. The van der Waals surface area contributed by atoms with E-state index in [0.717, 1.165) is 4.47 Å². The third kappa shape index (κ3) is 2.08. The standard InChI is InChI=1S/C9H4BrClF2N2/c10-4-1-2-5-6(3-4)14-9(8(12)13)15-7(5)11/h1-3,8H. The Morgan fingerprint density at radius 2 is 2.00 bits per heavy atom. The van der Waals surface area contributed by atoms with E-state index >= 15 is 0 Å². The van der Waals surface area contributed by atoms with Gasteiger partial charge in [0.25, 0.3) is 6.43 Å². The molecule has 2 rings (SSSR count). The molecule has 0 atom stereocenters. The Balaban J connectivity index is 2.74. The Labute approximate surface area is 97.4 Å². The van der Waals surface area contributed by atoms with Crippen molar-refractivity contribution in [2.24, 2.45) is 0 Å². The highest BCUT2D eigenvalue weighted by atomic mass is 79.9. The number of fused-ring (bicyclic) bond motifs is 1. The molecule has 2 nitrogen and oxygen atoms in total. The quantitative estimate of drug-likeness (QED) is 0.743. The highest BCUT2D eigenvalue weighted by Gasteiger charge is 2.14. The van der Waals surface area contributed by atoms with Crippen LogP contribution in [-0.4, -0.2) is 9.97 Å². The van der Waals surface area contributed by atoms with Crippen molar-refractivity contribution in [3.8, 4) is 0 Å². The molecular weight excluding hydrogens is 289 g/mol. The Morgan fingerprint density at radius 1 is 1.27 bits per heavy atom. The Bertz CT molecular complexity index is 519. The van der Waals surface area contributed by atoms with Gasteiger partial charge >= 0.3 is 0 Å². The minimum absolute atomic E-state index is 0.0443. The van der Waals surface area contributed by atoms with E-state index in [0.29, 0.717) is 10.9 Å². The SMILES string of the molecule is FC(F)c1nc(Cl)c2ccc(Br)cc2n1. The van der Waals surface area contributed by atoms with Gasteiger partial charge in [-0.15, -0.1) is 0 Å². The maximum absolute atomic E-state index is 12.4. The van der Waals surface area contributed by atoms with Crippen LogP contribution >= 0.6 is 27.5 Å². The van der Waals surface area contributed by atoms with Gasteiger partial charge in [-0.05, 0) is 18.2 Å². The number of hydrogen-bond donors (Lipinski definition) is 0. The molecule has 0 unspecified atom stereocenters. The summed E-state index contributed by atoms with van der Waals surface area (Å²) < 4.78 is 25.5. The molecule has 0 amide bonds. The zero-order valence-corrected chi connectivity index (χ0v) is 9.56. The van der Waals surface area contributed by atoms with Crippen LogP contribution in [-0.2, 0) is 0 Å². The normalized spacial score (nSPS) is 11.3. The summed E-state index contributed by atoms with van der Waals surface area (Å²) in [6.45, 7) is 0. The lowest BCUT2D eigenvalue weighted by Crippen LogP contribution is -1.96. The largest absolute Gasteiger partial charge is 0.297 e. The highest BCUT2D eigenvalue weighted by Crippen LogP contribution is 2.26. The van der Waals surface area contributed by atoms with Crippen molar-refractivity contribution in [1.29, 1.82) is 0 Å². The van der Waals surface area contributed by atoms with Crippen LogP contribution in [0.3, 0.4) is 0 Å². The summed E-state index contributed by atoms with van der Waals surface area (Å²) in [4.78, 5) is 7.24. The number of halogens is 4. The molecule has 0 aliphatic carbocycles. The second-order valence-corrected chi connectivity index (χ2v) is 4.11. The minimum atomic E-state index is -2.72. The lowest BCUT2D eigenvalue weighted by Gasteiger charge is -2.03. The zero-order chi connectivity index (χ0) is 11.0. The predicted molar refractivity (Wildman–Crippen MR) is 57.2 cm³/mol. The number of hydrogen-bond acceptors (Lipinski definition) is 2. The Morgan fingerprint density at radius 3 is 2.67 bits per heavy atom. The number of nitrogens with zero attached hydrogens (tertiary/aromatic N) is 2. The van der Waals surface area contributed by atoms with Gasteiger partial charge in [0.15, 0.2) is 5.82 Å². The van der Waals surface area contributed by atoms with Crippen molar-refractivity contribution in [2.75, 3.05) is 0 Å². The van der Waals surface area contributed by atoms with Crippen LogP contribution in [0.4, 0.5) is 8.78 Å². The van der Waals surface area contributed by atoms with Crippen molar-refractivity contribution >= 4 is 38.4 Å². The van der Waals surface area contributed by atoms with Crippen LogP contribution < -0.4 is 0 Å². The van der Waals surface area contributed by atoms with Crippen LogP contribution in [0, 0.1) is 0 Å². The topological polar surface area (TPSA) is 25.8 Å². The molecule has 0 aliphatic heterocycles. The molecule has 0 aliphatic rings. The van der Waals surface area contributed by atoms with Crippen molar-refractivity contribution in [3.05, 3.63) is 33.6 Å². The third-order valence-electron chi connectivity index (χ3n) is 1.82. The molecule has 1 heterocycles. The lowest BCUT2D eigenvalue weighted by atomic mass is 10.2. The zero-order valence-electron chi connectivity index (χ0n) is 7.22. The van der Waals surface area contributed by atoms with Crippen molar-refractivity contribution in [3.63, 3.8) is 0 Å². The maximum atomic E-state index is 12.4. The van der Waals surface area contributed by atoms with Crippen LogP contribution in [0.5, 0.6) is 0 Å². The number of rotatable bonds is 1. The van der Waals surface area contributed by atoms with Crippen LogP contribution in [0.15, 0.2) is 22.7 Å². The van der Waals surface area contributed by atoms with E-state index in [1.807, 2.05) is 0 Å². The van der Waals surface area contributed by atoms with Gasteiger partial charge in [0, 0.05) is 9.86 Å². The van der Waals surface area contributed by atoms with Gasteiger partial charge in [-0.3, -0.25) is 0 Å². The average molecular weight is 293 g/mol. The first-order chi connectivity index (χ1) is 7.08. The summed E-state index contributed by atoms with van der Waals surface area (Å²) in [6.07, 6.45) is -2.72. The molecule has 1 aromatic heterocycles. The summed E-state index contributed by atoms with van der Waals surface area (Å²) in [5.41, 5.74) is 0.402. The first-order valence-corrected chi connectivity index (χ1v) is 5.16. The summed E-state index contributed by atoms with van der Waals surface area (Å²) in [6, 6.07) is 5.05. The Kier molecular flexibility index (Phi) is 2.84. The van der Waals surface area contributed by atoms with Gasteiger partial charge < -0.3 is 0 Å². The molecule has 0 spiro atoms. The fraction of sp³-hybridized carbons (Fsp3) is 0.111. The van der Waals surface area contributed by atoms with E-state index in [4.69, 9.17) is 11.6 Å².